The molecule has 4 rings (SSSR count). The fourth-order valence-corrected chi connectivity index (χ4v) is 4.27. The van der Waals surface area contributed by atoms with Crippen LogP contribution in [0, 0.1) is 0 Å². The monoisotopic (exact) mass is 423 g/mol. The lowest BCUT2D eigenvalue weighted by atomic mass is 10.2. The molecule has 2 heterocycles. The molecule has 2 N–H and O–H groups in total. The number of nitrogens with zero attached hydrogens (tertiary/aromatic N) is 3. The molecule has 0 fully saturated rings. The Kier molecular flexibility index (Phi) is 5.22. The minimum absolute atomic E-state index is 0.370. The van der Waals surface area contributed by atoms with E-state index in [-0.39, 0.29) is 0 Å². The minimum atomic E-state index is -2.47. The van der Waals surface area contributed by atoms with Crippen molar-refractivity contribution in [3.05, 3.63) is 72.0 Å². The van der Waals surface area contributed by atoms with Crippen molar-refractivity contribution in [1.82, 2.24) is 15.0 Å². The third kappa shape index (κ3) is 4.39. The van der Waals surface area contributed by atoms with E-state index in [1.54, 1.807) is 19.5 Å². The van der Waals surface area contributed by atoms with Crippen LogP contribution in [0.5, 0.6) is 0 Å². The summed E-state index contributed by atoms with van der Waals surface area (Å²) < 4.78 is 12.6. The van der Waals surface area contributed by atoms with Crippen LogP contribution >= 0.6 is 18.7 Å². The number of nitrogens with one attached hydrogen (secondary N) is 2. The first kappa shape index (κ1) is 19.4. The molecule has 0 unspecified atom stereocenters. The van der Waals surface area contributed by atoms with Gasteiger partial charge in [-0.25, -0.2) is 4.98 Å². The molecule has 2 aromatic heterocycles. The summed E-state index contributed by atoms with van der Waals surface area (Å²) in [7, 11) is -2.47. The van der Waals surface area contributed by atoms with Crippen molar-refractivity contribution in [2.45, 2.75) is 0 Å². The van der Waals surface area contributed by atoms with Crippen LogP contribution < -0.4 is 15.9 Å². The molecular weight excluding hydrogens is 405 g/mol. The topological polar surface area (TPSA) is 79.8 Å². The van der Waals surface area contributed by atoms with Gasteiger partial charge in [0.25, 0.3) is 0 Å². The molecule has 0 bridgehead atoms. The zero-order valence-corrected chi connectivity index (χ0v) is 17.6. The number of hydrogen-bond acceptors (Lipinski definition) is 6. The lowest BCUT2D eigenvalue weighted by molar-refractivity contribution is 0.588. The SMILES string of the molecule is CP(C)(=O)c1ccccc1Nc1nc(Nc2ccc3ncccc3c2)ncc1Cl. The Balaban J connectivity index is 1.64. The van der Waals surface area contributed by atoms with E-state index in [1.165, 1.54) is 6.20 Å². The van der Waals surface area contributed by atoms with Crippen molar-refractivity contribution in [3.8, 4) is 0 Å². The molecule has 6 nitrogen and oxygen atoms in total. The number of rotatable bonds is 5. The lowest BCUT2D eigenvalue weighted by Crippen LogP contribution is -2.10. The first-order valence-electron chi connectivity index (χ1n) is 8.96. The highest BCUT2D eigenvalue weighted by atomic mass is 35.5. The van der Waals surface area contributed by atoms with Crippen LogP contribution in [0.15, 0.2) is 67.0 Å². The highest BCUT2D eigenvalue weighted by Gasteiger charge is 2.17. The zero-order chi connectivity index (χ0) is 20.4. The van der Waals surface area contributed by atoms with Gasteiger partial charge >= 0.3 is 0 Å². The molecule has 146 valence electrons. The van der Waals surface area contributed by atoms with Gasteiger partial charge in [0, 0.05) is 22.6 Å². The first-order valence-corrected chi connectivity index (χ1v) is 11.9. The summed E-state index contributed by atoms with van der Waals surface area (Å²) in [4.78, 5) is 13.1. The highest BCUT2D eigenvalue weighted by molar-refractivity contribution is 7.70. The van der Waals surface area contributed by atoms with Gasteiger partial charge in [0.05, 0.1) is 17.4 Å². The van der Waals surface area contributed by atoms with E-state index in [0.29, 0.717) is 22.5 Å². The predicted octanol–water partition coefficient (Wildman–Crippen LogP) is 5.41. The zero-order valence-electron chi connectivity index (χ0n) is 15.9. The minimum Gasteiger partial charge on any atom is -0.338 e. The first-order chi connectivity index (χ1) is 13.9. The molecule has 8 heteroatoms. The fourth-order valence-electron chi connectivity index (χ4n) is 2.97. The molecular formula is C21H19ClN5OP. The quantitative estimate of drug-likeness (QED) is 0.417. The van der Waals surface area contributed by atoms with E-state index in [0.717, 1.165) is 21.9 Å². The second kappa shape index (κ2) is 7.82. The smallest absolute Gasteiger partial charge is 0.229 e. The standard InChI is InChI=1S/C21H19ClN5OP/c1-29(2,28)19-8-4-3-7-18(19)26-20-16(22)13-24-21(27-20)25-15-9-10-17-14(12-15)6-5-11-23-17/h3-13H,1-2H3,(H2,24,25,26,27). The van der Waals surface area contributed by atoms with Gasteiger partial charge in [0.1, 0.15) is 12.2 Å². The van der Waals surface area contributed by atoms with Crippen LogP contribution in [0.4, 0.5) is 23.1 Å². The largest absolute Gasteiger partial charge is 0.338 e. The van der Waals surface area contributed by atoms with Crippen molar-refractivity contribution < 1.29 is 4.57 Å². The number of hydrogen-bond donors (Lipinski definition) is 2. The molecule has 0 saturated carbocycles. The molecule has 0 aliphatic heterocycles. The van der Waals surface area contributed by atoms with Gasteiger partial charge in [0.15, 0.2) is 5.82 Å². The molecule has 0 amide bonds. The molecule has 0 spiro atoms. The van der Waals surface area contributed by atoms with Crippen LogP contribution in [-0.2, 0) is 4.57 Å². The van der Waals surface area contributed by atoms with E-state index in [1.807, 2.05) is 54.6 Å². The number of halogens is 1. The molecule has 29 heavy (non-hydrogen) atoms. The second-order valence-electron chi connectivity index (χ2n) is 6.92. The maximum Gasteiger partial charge on any atom is 0.229 e. The Labute approximate surface area is 173 Å². The van der Waals surface area contributed by atoms with Crippen LogP contribution in [0.1, 0.15) is 0 Å². The van der Waals surface area contributed by atoms with Gasteiger partial charge in [-0.15, -0.1) is 0 Å². The summed E-state index contributed by atoms with van der Waals surface area (Å²) in [6, 6.07) is 17.2. The average molecular weight is 424 g/mol. The van der Waals surface area contributed by atoms with Crippen LogP contribution in [-0.4, -0.2) is 28.3 Å². The molecule has 0 aliphatic carbocycles. The Hall–Kier alpha value is -2.95. The Morgan fingerprint density at radius 3 is 2.62 bits per heavy atom. The summed E-state index contributed by atoms with van der Waals surface area (Å²) in [5.74, 6) is 0.835. The predicted molar refractivity (Wildman–Crippen MR) is 121 cm³/mol. The molecule has 0 radical (unpaired) electrons. The molecule has 0 aliphatic rings. The Morgan fingerprint density at radius 1 is 0.966 bits per heavy atom. The molecule has 0 saturated heterocycles. The number of anilines is 4. The third-order valence-electron chi connectivity index (χ3n) is 4.34. The summed E-state index contributed by atoms with van der Waals surface area (Å²) >= 11 is 6.30. The van der Waals surface area contributed by atoms with Crippen molar-refractivity contribution in [2.75, 3.05) is 24.0 Å². The Morgan fingerprint density at radius 2 is 1.79 bits per heavy atom. The van der Waals surface area contributed by atoms with Crippen molar-refractivity contribution in [2.24, 2.45) is 0 Å². The van der Waals surface area contributed by atoms with Crippen LogP contribution in [0.2, 0.25) is 5.02 Å². The number of pyridine rings is 1. The summed E-state index contributed by atoms with van der Waals surface area (Å²) in [6.45, 7) is 3.47. The molecule has 4 aromatic rings. The van der Waals surface area contributed by atoms with Crippen molar-refractivity contribution >= 4 is 58.1 Å². The van der Waals surface area contributed by atoms with Crippen molar-refractivity contribution in [1.29, 1.82) is 0 Å². The summed E-state index contributed by atoms with van der Waals surface area (Å²) in [5.41, 5.74) is 2.47. The van der Waals surface area contributed by atoms with Crippen LogP contribution in [0.25, 0.3) is 10.9 Å². The van der Waals surface area contributed by atoms with Gasteiger partial charge in [-0.1, -0.05) is 29.8 Å². The van der Waals surface area contributed by atoms with E-state index < -0.39 is 7.14 Å². The van der Waals surface area contributed by atoms with Crippen molar-refractivity contribution in [3.63, 3.8) is 0 Å². The Bertz CT molecular complexity index is 1240. The summed E-state index contributed by atoms with van der Waals surface area (Å²) in [5, 5.41) is 8.52. The van der Waals surface area contributed by atoms with Crippen LogP contribution in [0.3, 0.4) is 0 Å². The summed E-state index contributed by atoms with van der Waals surface area (Å²) in [6.07, 6.45) is 3.29. The fraction of sp³-hybridized carbons (Fsp3) is 0.0952. The number of aromatic nitrogens is 3. The van der Waals surface area contributed by atoms with Gasteiger partial charge in [-0.2, -0.15) is 4.98 Å². The molecule has 2 aromatic carbocycles. The number of para-hydroxylation sites is 1. The van der Waals surface area contributed by atoms with E-state index in [2.05, 4.69) is 25.6 Å². The van der Waals surface area contributed by atoms with E-state index in [4.69, 9.17) is 11.6 Å². The van der Waals surface area contributed by atoms with Gasteiger partial charge in [-0.05, 0) is 49.7 Å². The lowest BCUT2D eigenvalue weighted by Gasteiger charge is -2.15. The van der Waals surface area contributed by atoms with Gasteiger partial charge in [0.2, 0.25) is 5.95 Å². The van der Waals surface area contributed by atoms with E-state index >= 15 is 0 Å². The maximum absolute atomic E-state index is 12.6. The normalized spacial score (nSPS) is 11.4. The second-order valence-corrected chi connectivity index (χ2v) is 10.5. The average Bonchev–Trinajstić information content (AvgIpc) is 2.70. The molecule has 0 atom stereocenters. The number of benzene rings is 2. The maximum atomic E-state index is 12.6. The third-order valence-corrected chi connectivity index (χ3v) is 6.17. The van der Waals surface area contributed by atoms with E-state index in [9.17, 15) is 4.57 Å². The van der Waals surface area contributed by atoms with Gasteiger partial charge in [-0.3, -0.25) is 4.98 Å². The van der Waals surface area contributed by atoms with Gasteiger partial charge < -0.3 is 15.2 Å². The highest BCUT2D eigenvalue weighted by Crippen LogP contribution is 2.38. The number of fused-ring (bicyclic) bond motifs is 1.